The van der Waals surface area contributed by atoms with Gasteiger partial charge in [0.2, 0.25) is 0 Å². The fraction of sp³-hybridized carbons (Fsp3) is 0.308. The Labute approximate surface area is 126 Å². The van der Waals surface area contributed by atoms with Gasteiger partial charge in [-0.2, -0.15) is 13.2 Å². The van der Waals surface area contributed by atoms with Crippen LogP contribution in [0.3, 0.4) is 0 Å². The predicted octanol–water partition coefficient (Wildman–Crippen LogP) is 3.68. The maximum atomic E-state index is 13.2. The maximum absolute atomic E-state index is 13.2. The summed E-state index contributed by atoms with van der Waals surface area (Å²) in [5.74, 6) is -1.38. The average Bonchev–Trinajstić information content (AvgIpc) is 2.37. The Morgan fingerprint density at radius 3 is 2.40 bits per heavy atom. The Hall–Kier alpha value is -1.25. The molecule has 1 aromatic rings. The summed E-state index contributed by atoms with van der Waals surface area (Å²) < 4.78 is 48.8. The minimum absolute atomic E-state index is 0.0524. The Morgan fingerprint density at radius 1 is 1.35 bits per heavy atom. The molecule has 0 saturated heterocycles. The fourth-order valence-corrected chi connectivity index (χ4v) is 2.85. The van der Waals surface area contributed by atoms with Gasteiger partial charge in [-0.1, -0.05) is 30.3 Å². The molecule has 0 amide bonds. The number of rotatable bonds is 3. The van der Waals surface area contributed by atoms with Gasteiger partial charge in [0.1, 0.15) is 5.76 Å². The van der Waals surface area contributed by atoms with E-state index in [0.29, 0.717) is 5.56 Å². The first-order chi connectivity index (χ1) is 9.34. The summed E-state index contributed by atoms with van der Waals surface area (Å²) in [6.07, 6.45) is -4.87. The van der Waals surface area contributed by atoms with E-state index in [4.69, 9.17) is 4.74 Å². The number of benzene rings is 1. The maximum Gasteiger partial charge on any atom is 0.444 e. The van der Waals surface area contributed by atoms with Gasteiger partial charge >= 0.3 is 17.7 Å². The summed E-state index contributed by atoms with van der Waals surface area (Å²) >= 11 is 1.49. The van der Waals surface area contributed by atoms with Crippen LogP contribution in [0.25, 0.3) is 5.76 Å². The van der Waals surface area contributed by atoms with Crippen molar-refractivity contribution in [2.75, 3.05) is 6.61 Å². The second-order valence-corrected chi connectivity index (χ2v) is 5.09. The number of alkyl halides is 3. The molecular weight excluding hydrogens is 388 g/mol. The molecule has 0 fully saturated rings. The van der Waals surface area contributed by atoms with Crippen LogP contribution in [0.2, 0.25) is 0 Å². The standard InChI is InChI=1S/C13H10F3IO3/c1-2-19-11(18)12(13(14,15)16)10(17)9(20-12)8-6-4-3-5-7-8/h3-7H,2H2,1H3/t12-/m1/s1. The summed E-state index contributed by atoms with van der Waals surface area (Å²) in [6.45, 7) is 1.29. The zero-order chi connectivity index (χ0) is 15.0. The van der Waals surface area contributed by atoms with Gasteiger partial charge < -0.3 is 9.47 Å². The van der Waals surface area contributed by atoms with Crippen molar-refractivity contribution in [2.24, 2.45) is 0 Å². The van der Waals surface area contributed by atoms with E-state index in [1.54, 1.807) is 30.3 Å². The largest absolute Gasteiger partial charge is 0.462 e. The zero-order valence-corrected chi connectivity index (χ0v) is 12.5. The lowest BCUT2D eigenvalue weighted by molar-refractivity contribution is -0.254. The first kappa shape index (κ1) is 15.1. The topological polar surface area (TPSA) is 35.5 Å². The minimum Gasteiger partial charge on any atom is -0.462 e. The monoisotopic (exact) mass is 398 g/mol. The molecule has 108 valence electrons. The number of carbonyl (C=O) groups is 1. The summed E-state index contributed by atoms with van der Waals surface area (Å²) in [4.78, 5) is 11.7. The fourth-order valence-electron chi connectivity index (χ4n) is 1.79. The normalized spacial score (nSPS) is 22.1. The highest BCUT2D eigenvalue weighted by Gasteiger charge is 2.72. The Balaban J connectivity index is 2.45. The van der Waals surface area contributed by atoms with Crippen molar-refractivity contribution in [1.82, 2.24) is 0 Å². The van der Waals surface area contributed by atoms with Gasteiger partial charge in [0.05, 0.1) is 10.2 Å². The van der Waals surface area contributed by atoms with Crippen LogP contribution in [0.15, 0.2) is 33.9 Å². The molecule has 7 heteroatoms. The Bertz CT molecular complexity index is 554. The van der Waals surface area contributed by atoms with Crippen LogP contribution >= 0.6 is 22.6 Å². The summed E-state index contributed by atoms with van der Waals surface area (Å²) in [5, 5.41) is 0. The van der Waals surface area contributed by atoms with E-state index in [9.17, 15) is 18.0 Å². The average molecular weight is 398 g/mol. The van der Waals surface area contributed by atoms with Crippen LogP contribution in [0, 0.1) is 0 Å². The molecule has 0 unspecified atom stereocenters. The highest BCUT2D eigenvalue weighted by Crippen LogP contribution is 2.55. The number of ether oxygens (including phenoxy) is 2. The molecule has 0 aromatic heterocycles. The summed E-state index contributed by atoms with van der Waals surface area (Å²) in [6, 6.07) is 8.30. The zero-order valence-electron chi connectivity index (χ0n) is 10.3. The molecule has 0 bridgehead atoms. The highest BCUT2D eigenvalue weighted by atomic mass is 127. The molecule has 0 spiro atoms. The lowest BCUT2D eigenvalue weighted by Gasteiger charge is -2.42. The van der Waals surface area contributed by atoms with E-state index in [1.165, 1.54) is 29.5 Å². The van der Waals surface area contributed by atoms with Crippen LogP contribution in [0.4, 0.5) is 13.2 Å². The number of esters is 1. The van der Waals surface area contributed by atoms with Crippen LogP contribution < -0.4 is 0 Å². The van der Waals surface area contributed by atoms with E-state index in [0.717, 1.165) is 0 Å². The molecule has 0 radical (unpaired) electrons. The van der Waals surface area contributed by atoms with Crippen molar-refractivity contribution in [2.45, 2.75) is 18.7 Å². The van der Waals surface area contributed by atoms with Gasteiger partial charge in [0.15, 0.2) is 0 Å². The quantitative estimate of drug-likeness (QED) is 0.576. The third-order valence-corrected chi connectivity index (χ3v) is 4.01. The molecule has 3 nitrogen and oxygen atoms in total. The van der Waals surface area contributed by atoms with Gasteiger partial charge in [-0.15, -0.1) is 0 Å². The van der Waals surface area contributed by atoms with Gasteiger partial charge in [0.25, 0.3) is 0 Å². The van der Waals surface area contributed by atoms with Gasteiger partial charge in [0, 0.05) is 5.56 Å². The second kappa shape index (κ2) is 5.27. The third-order valence-electron chi connectivity index (χ3n) is 2.76. The Morgan fingerprint density at radius 2 is 1.95 bits per heavy atom. The second-order valence-electron chi connectivity index (χ2n) is 4.01. The Kier molecular flexibility index (Phi) is 3.99. The molecule has 0 saturated carbocycles. The predicted molar refractivity (Wildman–Crippen MR) is 73.9 cm³/mol. The van der Waals surface area contributed by atoms with Crippen LogP contribution in [0.5, 0.6) is 0 Å². The van der Waals surface area contributed by atoms with Crippen molar-refractivity contribution in [3.63, 3.8) is 0 Å². The van der Waals surface area contributed by atoms with Crippen LogP contribution in [-0.4, -0.2) is 24.4 Å². The smallest absolute Gasteiger partial charge is 0.444 e. The van der Waals surface area contributed by atoms with Crippen molar-refractivity contribution < 1.29 is 27.4 Å². The minimum atomic E-state index is -4.87. The SMILES string of the molecule is CCOC(=O)[C@]1(C(F)(F)F)OC(c2ccccc2)=C1I. The molecule has 0 aliphatic carbocycles. The molecule has 0 N–H and O–H groups in total. The first-order valence-corrected chi connectivity index (χ1v) is 6.81. The van der Waals surface area contributed by atoms with Crippen molar-refractivity contribution in [3.8, 4) is 0 Å². The van der Waals surface area contributed by atoms with Crippen molar-refractivity contribution in [1.29, 1.82) is 0 Å². The molecule has 2 rings (SSSR count). The lowest BCUT2D eigenvalue weighted by Crippen LogP contribution is -2.59. The van der Waals surface area contributed by atoms with Gasteiger partial charge in [-0.3, -0.25) is 0 Å². The van der Waals surface area contributed by atoms with E-state index in [-0.39, 0.29) is 15.9 Å². The number of carbonyl (C=O) groups excluding carboxylic acids is 1. The molecule has 1 atom stereocenters. The number of hydrogen-bond donors (Lipinski definition) is 0. The van der Waals surface area contributed by atoms with E-state index < -0.39 is 17.7 Å². The lowest BCUT2D eigenvalue weighted by atomic mass is 9.94. The molecular formula is C13H10F3IO3. The van der Waals surface area contributed by atoms with E-state index in [2.05, 4.69) is 4.74 Å². The van der Waals surface area contributed by atoms with Crippen LogP contribution in [-0.2, 0) is 14.3 Å². The van der Waals surface area contributed by atoms with Gasteiger partial charge in [-0.05, 0) is 29.5 Å². The molecule has 1 aliphatic rings. The van der Waals surface area contributed by atoms with E-state index >= 15 is 0 Å². The van der Waals surface area contributed by atoms with E-state index in [1.807, 2.05) is 0 Å². The van der Waals surface area contributed by atoms with Crippen LogP contribution in [0.1, 0.15) is 12.5 Å². The first-order valence-electron chi connectivity index (χ1n) is 5.73. The molecule has 1 heterocycles. The van der Waals surface area contributed by atoms with Gasteiger partial charge in [-0.25, -0.2) is 4.79 Å². The third kappa shape index (κ3) is 2.17. The highest BCUT2D eigenvalue weighted by molar-refractivity contribution is 14.1. The molecule has 20 heavy (non-hydrogen) atoms. The molecule has 1 aromatic carbocycles. The molecule has 1 aliphatic heterocycles. The number of hydrogen-bond acceptors (Lipinski definition) is 3. The van der Waals surface area contributed by atoms with Crippen molar-refractivity contribution in [3.05, 3.63) is 39.5 Å². The number of halogens is 4. The summed E-state index contributed by atoms with van der Waals surface area (Å²) in [5.41, 5.74) is -2.50. The van der Waals surface area contributed by atoms with Crippen molar-refractivity contribution >= 4 is 34.3 Å². The summed E-state index contributed by atoms with van der Waals surface area (Å²) in [7, 11) is 0.